The zero-order valence-electron chi connectivity index (χ0n) is 10.8. The van der Waals surface area contributed by atoms with E-state index in [0.29, 0.717) is 11.5 Å². The molecule has 1 heterocycles. The number of aryl methyl sites for hydroxylation is 1. The third-order valence-electron chi connectivity index (χ3n) is 2.42. The first-order chi connectivity index (χ1) is 9.38. The lowest BCUT2D eigenvalue weighted by atomic mass is 10.1. The van der Waals surface area contributed by atoms with Crippen molar-refractivity contribution in [2.45, 2.75) is 25.8 Å². The Balaban J connectivity index is 2.55. The number of carbonyl (C=O) groups is 3. The molecule has 0 aliphatic carbocycles. The van der Waals surface area contributed by atoms with Crippen molar-refractivity contribution < 1.29 is 29.0 Å². The molecular weight excluding hydrogens is 266 g/mol. The highest BCUT2D eigenvalue weighted by Gasteiger charge is 2.19. The lowest BCUT2D eigenvalue weighted by molar-refractivity contribution is -0.142. The van der Waals surface area contributed by atoms with E-state index >= 15 is 0 Å². The highest BCUT2D eigenvalue weighted by atomic mass is 16.4. The average Bonchev–Trinajstić information content (AvgIpc) is 2.77. The normalized spacial score (nSPS) is 12.2. The van der Waals surface area contributed by atoms with Gasteiger partial charge in [-0.1, -0.05) is 0 Å². The van der Waals surface area contributed by atoms with Crippen LogP contribution in [0.25, 0.3) is 6.08 Å². The minimum absolute atomic E-state index is 0.176. The molecule has 0 aliphatic heterocycles. The predicted octanol–water partition coefficient (Wildman–Crippen LogP) is 1.04. The maximum atomic E-state index is 11.5. The van der Waals surface area contributed by atoms with Crippen molar-refractivity contribution in [2.75, 3.05) is 0 Å². The number of carbonyl (C=O) groups excluding carboxylic acids is 1. The molecule has 1 aromatic rings. The van der Waals surface area contributed by atoms with Crippen molar-refractivity contribution in [2.24, 2.45) is 0 Å². The van der Waals surface area contributed by atoms with Crippen LogP contribution in [-0.2, 0) is 14.4 Å². The van der Waals surface area contributed by atoms with Crippen LogP contribution in [0.2, 0.25) is 0 Å². The van der Waals surface area contributed by atoms with E-state index in [0.717, 1.165) is 6.08 Å². The highest BCUT2D eigenvalue weighted by Crippen LogP contribution is 2.07. The molecule has 0 fully saturated rings. The predicted molar refractivity (Wildman–Crippen MR) is 68.9 cm³/mol. The number of aliphatic carboxylic acids is 2. The molecule has 0 saturated heterocycles. The second-order valence-corrected chi connectivity index (χ2v) is 4.11. The van der Waals surface area contributed by atoms with Gasteiger partial charge in [0.1, 0.15) is 17.6 Å². The minimum atomic E-state index is -1.28. The first-order valence-corrected chi connectivity index (χ1v) is 5.88. The van der Waals surface area contributed by atoms with Crippen molar-refractivity contribution in [3.05, 3.63) is 29.7 Å². The molecule has 0 aliphatic rings. The van der Waals surface area contributed by atoms with Gasteiger partial charge in [-0.25, -0.2) is 4.79 Å². The highest BCUT2D eigenvalue weighted by molar-refractivity contribution is 5.94. The van der Waals surface area contributed by atoms with E-state index < -0.39 is 23.9 Å². The van der Waals surface area contributed by atoms with Crippen LogP contribution < -0.4 is 5.32 Å². The number of hydrogen-bond donors (Lipinski definition) is 3. The van der Waals surface area contributed by atoms with Crippen LogP contribution in [0.4, 0.5) is 0 Å². The Labute approximate surface area is 114 Å². The van der Waals surface area contributed by atoms with Crippen LogP contribution in [0.3, 0.4) is 0 Å². The van der Waals surface area contributed by atoms with Crippen LogP contribution in [0.1, 0.15) is 24.4 Å². The van der Waals surface area contributed by atoms with Gasteiger partial charge in [-0.15, -0.1) is 0 Å². The van der Waals surface area contributed by atoms with Gasteiger partial charge in [-0.05, 0) is 31.6 Å². The summed E-state index contributed by atoms with van der Waals surface area (Å²) in [5.74, 6) is -1.87. The van der Waals surface area contributed by atoms with E-state index in [2.05, 4.69) is 5.32 Å². The summed E-state index contributed by atoms with van der Waals surface area (Å²) in [7, 11) is 0. The molecule has 0 bridgehead atoms. The maximum absolute atomic E-state index is 11.5. The third-order valence-corrected chi connectivity index (χ3v) is 2.42. The van der Waals surface area contributed by atoms with Crippen molar-refractivity contribution >= 4 is 23.9 Å². The van der Waals surface area contributed by atoms with Crippen LogP contribution >= 0.6 is 0 Å². The van der Waals surface area contributed by atoms with Gasteiger partial charge in [0, 0.05) is 12.5 Å². The van der Waals surface area contributed by atoms with Gasteiger partial charge >= 0.3 is 11.9 Å². The van der Waals surface area contributed by atoms with Crippen molar-refractivity contribution in [1.82, 2.24) is 5.32 Å². The number of rotatable bonds is 7. The zero-order chi connectivity index (χ0) is 15.1. The number of furan rings is 1. The summed E-state index contributed by atoms with van der Waals surface area (Å²) in [6.45, 7) is 1.75. The molecule has 0 saturated carbocycles. The molecule has 7 heteroatoms. The second kappa shape index (κ2) is 7.13. The van der Waals surface area contributed by atoms with Crippen LogP contribution in [0, 0.1) is 6.92 Å². The monoisotopic (exact) mass is 281 g/mol. The Bertz CT molecular complexity index is 531. The number of carboxylic acid groups (broad SMARTS) is 2. The number of amides is 1. The molecule has 1 atom stereocenters. The minimum Gasteiger partial charge on any atom is -0.481 e. The molecule has 1 unspecified atom stereocenters. The smallest absolute Gasteiger partial charge is 0.326 e. The fourth-order valence-electron chi connectivity index (χ4n) is 1.45. The first kappa shape index (κ1) is 15.5. The molecule has 1 aromatic heterocycles. The van der Waals surface area contributed by atoms with E-state index in [1.54, 1.807) is 19.1 Å². The average molecular weight is 281 g/mol. The first-order valence-electron chi connectivity index (χ1n) is 5.88. The summed E-state index contributed by atoms with van der Waals surface area (Å²) in [5, 5.41) is 19.6. The molecule has 3 N–H and O–H groups in total. The summed E-state index contributed by atoms with van der Waals surface area (Å²) in [6.07, 6.45) is 2.02. The number of hydrogen-bond acceptors (Lipinski definition) is 4. The van der Waals surface area contributed by atoms with Crippen LogP contribution in [0.15, 0.2) is 22.6 Å². The molecule has 1 amide bonds. The fourth-order valence-corrected chi connectivity index (χ4v) is 1.45. The molecule has 108 valence electrons. The Morgan fingerprint density at radius 2 is 2.05 bits per heavy atom. The molecule has 0 radical (unpaired) electrons. The summed E-state index contributed by atoms with van der Waals surface area (Å²) in [6, 6.07) is 2.16. The molecular formula is C13H15NO6. The Morgan fingerprint density at radius 3 is 2.55 bits per heavy atom. The number of nitrogens with one attached hydrogen (secondary N) is 1. The Hall–Kier alpha value is -2.57. The fraction of sp³-hybridized carbons (Fsp3) is 0.308. The summed E-state index contributed by atoms with van der Waals surface area (Å²) < 4.78 is 5.20. The van der Waals surface area contributed by atoms with Gasteiger partial charge < -0.3 is 19.9 Å². The lowest BCUT2D eigenvalue weighted by Gasteiger charge is -2.11. The van der Waals surface area contributed by atoms with E-state index in [4.69, 9.17) is 14.6 Å². The van der Waals surface area contributed by atoms with Crippen LogP contribution in [-0.4, -0.2) is 34.1 Å². The van der Waals surface area contributed by atoms with Gasteiger partial charge in [-0.2, -0.15) is 0 Å². The molecule has 20 heavy (non-hydrogen) atoms. The van der Waals surface area contributed by atoms with Gasteiger partial charge in [0.25, 0.3) is 0 Å². The van der Waals surface area contributed by atoms with Crippen molar-refractivity contribution in [1.29, 1.82) is 0 Å². The van der Waals surface area contributed by atoms with Crippen molar-refractivity contribution in [3.63, 3.8) is 0 Å². The Morgan fingerprint density at radius 1 is 1.35 bits per heavy atom. The molecule has 0 aromatic carbocycles. The molecule has 0 spiro atoms. The summed E-state index contributed by atoms with van der Waals surface area (Å²) in [5.41, 5.74) is 0. The standard InChI is InChI=1S/C13H15NO6/c1-8-2-3-9(20-8)4-6-11(15)14-10(13(18)19)5-7-12(16)17/h2-4,6,10H,5,7H2,1H3,(H,14,15)(H,16,17)(H,18,19)/b6-4+. The maximum Gasteiger partial charge on any atom is 0.326 e. The molecule has 1 rings (SSSR count). The SMILES string of the molecule is Cc1ccc(/C=C/C(=O)NC(CCC(=O)O)C(=O)O)o1. The number of carboxylic acids is 2. The van der Waals surface area contributed by atoms with Gasteiger partial charge in [0.2, 0.25) is 5.91 Å². The second-order valence-electron chi connectivity index (χ2n) is 4.11. The van der Waals surface area contributed by atoms with Crippen molar-refractivity contribution in [3.8, 4) is 0 Å². The molecule has 7 nitrogen and oxygen atoms in total. The topological polar surface area (TPSA) is 117 Å². The van der Waals surface area contributed by atoms with E-state index in [-0.39, 0.29) is 12.8 Å². The van der Waals surface area contributed by atoms with E-state index in [1.165, 1.54) is 6.08 Å². The Kier molecular flexibility index (Phi) is 5.52. The third kappa shape index (κ3) is 5.38. The quantitative estimate of drug-likeness (QED) is 0.643. The zero-order valence-corrected chi connectivity index (χ0v) is 10.8. The van der Waals surface area contributed by atoms with Gasteiger partial charge in [-0.3, -0.25) is 9.59 Å². The summed E-state index contributed by atoms with van der Waals surface area (Å²) >= 11 is 0. The van der Waals surface area contributed by atoms with Gasteiger partial charge in [0.05, 0.1) is 0 Å². The largest absolute Gasteiger partial charge is 0.481 e. The summed E-state index contributed by atoms with van der Waals surface area (Å²) in [4.78, 5) is 32.8. The van der Waals surface area contributed by atoms with Gasteiger partial charge in [0.15, 0.2) is 0 Å². The van der Waals surface area contributed by atoms with Crippen LogP contribution in [0.5, 0.6) is 0 Å². The lowest BCUT2D eigenvalue weighted by Crippen LogP contribution is -2.40. The van der Waals surface area contributed by atoms with E-state index in [9.17, 15) is 14.4 Å². The van der Waals surface area contributed by atoms with E-state index in [1.807, 2.05) is 0 Å².